The summed E-state index contributed by atoms with van der Waals surface area (Å²) in [6.45, 7) is 13.4. The minimum atomic E-state index is 0. The molecule has 3 aliphatic heterocycles. The minimum Gasteiger partial charge on any atom is -0.379 e. The van der Waals surface area contributed by atoms with Crippen LogP contribution < -0.4 is 5.32 Å². The molecule has 1 N–H and O–H groups in total. The SMILES string of the molecule is CCNC(=NCc1ccccc1CN1CCCCCC1)N1CCC(N2CCOCC2)C1.I. The van der Waals surface area contributed by atoms with E-state index in [9.17, 15) is 0 Å². The Balaban J connectivity index is 0.00000289. The van der Waals surface area contributed by atoms with Crippen molar-refractivity contribution in [3.05, 3.63) is 35.4 Å². The molecule has 7 heteroatoms. The number of likely N-dealkylation sites (tertiary alicyclic amines) is 2. The molecule has 3 fully saturated rings. The summed E-state index contributed by atoms with van der Waals surface area (Å²) in [5, 5.41) is 3.55. The molecule has 1 aromatic rings. The van der Waals surface area contributed by atoms with Crippen molar-refractivity contribution >= 4 is 29.9 Å². The summed E-state index contributed by atoms with van der Waals surface area (Å²) in [6, 6.07) is 9.53. The maximum Gasteiger partial charge on any atom is 0.194 e. The molecule has 1 aromatic carbocycles. The van der Waals surface area contributed by atoms with Gasteiger partial charge in [0.05, 0.1) is 19.8 Å². The number of nitrogens with zero attached hydrogens (tertiary/aromatic N) is 4. The standard InChI is InChI=1S/C25H41N5O.HI/c1-2-26-25(30-14-11-24(21-30)29-15-17-31-18-16-29)27-19-22-9-5-6-10-23(22)20-28-12-7-3-4-8-13-28;/h5-6,9-10,24H,2-4,7-8,11-21H2,1H3,(H,26,27);1H. The molecule has 3 saturated heterocycles. The number of aliphatic imine (C=N–C) groups is 1. The lowest BCUT2D eigenvalue weighted by molar-refractivity contribution is 0.0195. The molecule has 1 unspecified atom stereocenters. The maximum atomic E-state index is 5.54. The molecule has 0 aromatic heterocycles. The van der Waals surface area contributed by atoms with Crippen molar-refractivity contribution in [2.75, 3.05) is 59.0 Å². The zero-order valence-corrected chi connectivity index (χ0v) is 22.1. The van der Waals surface area contributed by atoms with Gasteiger partial charge in [0.2, 0.25) is 0 Å². The van der Waals surface area contributed by atoms with Gasteiger partial charge in [0.1, 0.15) is 0 Å². The number of hydrogen-bond donors (Lipinski definition) is 1. The van der Waals surface area contributed by atoms with E-state index in [1.165, 1.54) is 56.3 Å². The monoisotopic (exact) mass is 555 g/mol. The molecule has 0 radical (unpaired) electrons. The highest BCUT2D eigenvalue weighted by atomic mass is 127. The number of benzene rings is 1. The zero-order valence-electron chi connectivity index (χ0n) is 19.8. The topological polar surface area (TPSA) is 43.3 Å². The second-order valence-electron chi connectivity index (χ2n) is 9.17. The van der Waals surface area contributed by atoms with Crippen molar-refractivity contribution in [1.29, 1.82) is 0 Å². The van der Waals surface area contributed by atoms with Gasteiger partial charge in [0, 0.05) is 45.3 Å². The Morgan fingerprint density at radius 3 is 2.44 bits per heavy atom. The first-order valence-corrected chi connectivity index (χ1v) is 12.5. The van der Waals surface area contributed by atoms with Crippen LogP contribution in [0.4, 0.5) is 0 Å². The lowest BCUT2D eigenvalue weighted by Gasteiger charge is -2.32. The summed E-state index contributed by atoms with van der Waals surface area (Å²) in [5.41, 5.74) is 2.81. The van der Waals surface area contributed by atoms with E-state index in [0.29, 0.717) is 6.04 Å². The van der Waals surface area contributed by atoms with Crippen molar-refractivity contribution in [2.24, 2.45) is 4.99 Å². The van der Waals surface area contributed by atoms with E-state index in [1.54, 1.807) is 0 Å². The van der Waals surface area contributed by atoms with Crippen LogP contribution in [0.15, 0.2) is 29.3 Å². The fraction of sp³-hybridized carbons (Fsp3) is 0.720. The largest absolute Gasteiger partial charge is 0.379 e. The Morgan fingerprint density at radius 2 is 1.72 bits per heavy atom. The van der Waals surface area contributed by atoms with Gasteiger partial charge in [0.25, 0.3) is 0 Å². The first-order valence-electron chi connectivity index (χ1n) is 12.5. The molecule has 6 nitrogen and oxygen atoms in total. The lowest BCUT2D eigenvalue weighted by atomic mass is 10.1. The summed E-state index contributed by atoms with van der Waals surface area (Å²) in [6.07, 6.45) is 6.66. The molecule has 0 spiro atoms. The normalized spacial score (nSPS) is 23.6. The molecular formula is C25H42IN5O. The van der Waals surface area contributed by atoms with Crippen LogP contribution in [0.2, 0.25) is 0 Å². The number of rotatable bonds is 6. The Morgan fingerprint density at radius 1 is 1.00 bits per heavy atom. The molecule has 0 aliphatic carbocycles. The van der Waals surface area contributed by atoms with Gasteiger partial charge in [-0.05, 0) is 50.4 Å². The first-order chi connectivity index (χ1) is 15.3. The third kappa shape index (κ3) is 7.30. The smallest absolute Gasteiger partial charge is 0.194 e. The molecule has 32 heavy (non-hydrogen) atoms. The average molecular weight is 556 g/mol. The van der Waals surface area contributed by atoms with Crippen LogP contribution in [0.3, 0.4) is 0 Å². The van der Waals surface area contributed by atoms with Gasteiger partial charge < -0.3 is 15.0 Å². The highest BCUT2D eigenvalue weighted by molar-refractivity contribution is 14.0. The van der Waals surface area contributed by atoms with E-state index in [4.69, 9.17) is 9.73 Å². The molecule has 4 rings (SSSR count). The number of morpholine rings is 1. The van der Waals surface area contributed by atoms with Gasteiger partial charge in [-0.25, -0.2) is 4.99 Å². The van der Waals surface area contributed by atoms with Crippen LogP contribution in [0.25, 0.3) is 0 Å². The number of halogens is 1. The lowest BCUT2D eigenvalue weighted by Crippen LogP contribution is -2.46. The second-order valence-corrected chi connectivity index (χ2v) is 9.17. The summed E-state index contributed by atoms with van der Waals surface area (Å²) in [4.78, 5) is 12.8. The Kier molecular flexibility index (Phi) is 11.0. The summed E-state index contributed by atoms with van der Waals surface area (Å²) in [5.74, 6) is 1.07. The maximum absolute atomic E-state index is 5.54. The Hall–Kier alpha value is -0.900. The third-order valence-electron chi connectivity index (χ3n) is 6.97. The van der Waals surface area contributed by atoms with Crippen LogP contribution in [-0.4, -0.2) is 85.7 Å². The number of guanidine groups is 1. The number of ether oxygens (including phenoxy) is 1. The van der Waals surface area contributed by atoms with E-state index < -0.39 is 0 Å². The van der Waals surface area contributed by atoms with Crippen LogP contribution in [0, 0.1) is 0 Å². The molecule has 0 amide bonds. The van der Waals surface area contributed by atoms with Crippen LogP contribution in [0.5, 0.6) is 0 Å². The van der Waals surface area contributed by atoms with E-state index in [1.807, 2.05) is 0 Å². The van der Waals surface area contributed by atoms with E-state index in [0.717, 1.165) is 65.0 Å². The zero-order chi connectivity index (χ0) is 21.3. The number of hydrogen-bond acceptors (Lipinski definition) is 4. The quantitative estimate of drug-likeness (QED) is 0.331. The molecular weight excluding hydrogens is 513 g/mol. The van der Waals surface area contributed by atoms with Crippen LogP contribution >= 0.6 is 24.0 Å². The Labute approximate surface area is 211 Å². The highest BCUT2D eigenvalue weighted by Gasteiger charge is 2.30. The third-order valence-corrected chi connectivity index (χ3v) is 6.97. The fourth-order valence-electron chi connectivity index (χ4n) is 5.16. The molecule has 1 atom stereocenters. The highest BCUT2D eigenvalue weighted by Crippen LogP contribution is 2.19. The predicted octanol–water partition coefficient (Wildman–Crippen LogP) is 3.55. The van der Waals surface area contributed by atoms with Gasteiger partial charge in [0.15, 0.2) is 5.96 Å². The predicted molar refractivity (Wildman–Crippen MR) is 143 cm³/mol. The average Bonchev–Trinajstić information content (AvgIpc) is 3.16. The molecule has 0 bridgehead atoms. The molecule has 0 saturated carbocycles. The van der Waals surface area contributed by atoms with Gasteiger partial charge in [-0.1, -0.05) is 37.1 Å². The van der Waals surface area contributed by atoms with Gasteiger partial charge in [-0.2, -0.15) is 0 Å². The van der Waals surface area contributed by atoms with Gasteiger partial charge >= 0.3 is 0 Å². The van der Waals surface area contributed by atoms with E-state index >= 15 is 0 Å². The van der Waals surface area contributed by atoms with Crippen molar-refractivity contribution in [1.82, 2.24) is 20.0 Å². The van der Waals surface area contributed by atoms with E-state index in [-0.39, 0.29) is 24.0 Å². The summed E-state index contributed by atoms with van der Waals surface area (Å²) in [7, 11) is 0. The molecule has 3 aliphatic rings. The van der Waals surface area contributed by atoms with Crippen molar-refractivity contribution in [3.8, 4) is 0 Å². The summed E-state index contributed by atoms with van der Waals surface area (Å²) >= 11 is 0. The van der Waals surface area contributed by atoms with Gasteiger partial charge in [-0.15, -0.1) is 24.0 Å². The van der Waals surface area contributed by atoms with Crippen LogP contribution in [0.1, 0.15) is 50.2 Å². The molecule has 3 heterocycles. The van der Waals surface area contributed by atoms with Crippen LogP contribution in [-0.2, 0) is 17.8 Å². The second kappa shape index (κ2) is 13.7. The van der Waals surface area contributed by atoms with Crippen molar-refractivity contribution in [3.63, 3.8) is 0 Å². The summed E-state index contributed by atoms with van der Waals surface area (Å²) < 4.78 is 5.54. The van der Waals surface area contributed by atoms with Gasteiger partial charge in [-0.3, -0.25) is 9.80 Å². The Bertz CT molecular complexity index is 701. The first kappa shape index (κ1) is 25.7. The number of nitrogens with one attached hydrogen (secondary N) is 1. The minimum absolute atomic E-state index is 0. The fourth-order valence-corrected chi connectivity index (χ4v) is 5.16. The molecule has 180 valence electrons. The van der Waals surface area contributed by atoms with Crippen molar-refractivity contribution in [2.45, 2.75) is 58.2 Å². The van der Waals surface area contributed by atoms with Crippen molar-refractivity contribution < 1.29 is 4.74 Å². The van der Waals surface area contributed by atoms with E-state index in [2.05, 4.69) is 51.2 Å².